The van der Waals surface area contributed by atoms with Crippen molar-refractivity contribution in [3.05, 3.63) is 54.9 Å². The fourth-order valence-corrected chi connectivity index (χ4v) is 6.22. The number of likely N-dealkylation sites (tertiary alicyclic amines) is 1. The molecule has 1 aromatic carbocycles. The van der Waals surface area contributed by atoms with Crippen LogP contribution >= 0.6 is 11.3 Å². The molecule has 2 fully saturated rings. The molecule has 0 saturated carbocycles. The van der Waals surface area contributed by atoms with Gasteiger partial charge in [0.25, 0.3) is 0 Å². The van der Waals surface area contributed by atoms with Gasteiger partial charge in [-0.05, 0) is 37.1 Å². The molecule has 0 spiro atoms. The number of rotatable bonds is 5. The summed E-state index contributed by atoms with van der Waals surface area (Å²) in [4.78, 5) is 44.0. The summed E-state index contributed by atoms with van der Waals surface area (Å²) in [6.45, 7) is 3.84. The molecule has 40 heavy (non-hydrogen) atoms. The van der Waals surface area contributed by atoms with Gasteiger partial charge in [-0.15, -0.1) is 11.3 Å². The van der Waals surface area contributed by atoms with Crippen molar-refractivity contribution in [1.29, 1.82) is 0 Å². The molecule has 10 nitrogen and oxygen atoms in total. The van der Waals surface area contributed by atoms with Gasteiger partial charge in [-0.25, -0.2) is 14.8 Å². The van der Waals surface area contributed by atoms with Gasteiger partial charge < -0.3 is 24.6 Å². The van der Waals surface area contributed by atoms with E-state index in [0.717, 1.165) is 45.1 Å². The Morgan fingerprint density at radius 3 is 2.58 bits per heavy atom. The monoisotopic (exact) mass is 558 g/mol. The van der Waals surface area contributed by atoms with E-state index >= 15 is 0 Å². The highest BCUT2D eigenvalue weighted by molar-refractivity contribution is 7.22. The van der Waals surface area contributed by atoms with E-state index in [1.165, 1.54) is 7.11 Å². The summed E-state index contributed by atoms with van der Waals surface area (Å²) in [5.74, 6) is 1.29. The lowest BCUT2D eigenvalue weighted by Crippen LogP contribution is -2.41. The number of methoxy groups -OCH3 is 1. The van der Waals surface area contributed by atoms with Gasteiger partial charge in [0.1, 0.15) is 0 Å². The number of hydrogen-bond acceptors (Lipinski definition) is 9. The molecule has 2 saturated heterocycles. The highest BCUT2D eigenvalue weighted by Gasteiger charge is 2.28. The zero-order valence-corrected chi connectivity index (χ0v) is 23.0. The highest BCUT2D eigenvalue weighted by Crippen LogP contribution is 2.38. The predicted octanol–water partition coefficient (Wildman–Crippen LogP) is 4.67. The van der Waals surface area contributed by atoms with Crippen LogP contribution in [0.5, 0.6) is 0 Å². The van der Waals surface area contributed by atoms with Gasteiger partial charge in [0.05, 0.1) is 30.5 Å². The van der Waals surface area contributed by atoms with Crippen LogP contribution in [-0.2, 0) is 14.3 Å². The predicted molar refractivity (Wildman–Crippen MR) is 154 cm³/mol. The van der Waals surface area contributed by atoms with Crippen molar-refractivity contribution in [2.24, 2.45) is 5.92 Å². The van der Waals surface area contributed by atoms with Crippen molar-refractivity contribution < 1.29 is 19.1 Å². The molecule has 11 heteroatoms. The summed E-state index contributed by atoms with van der Waals surface area (Å²) >= 11 is 1.67. The standard InChI is InChI=1S/C29H30N6O4S/c1-38-29(37)35-10-7-19(8-11-35)28(36)31-22-6-2-4-20(16-22)26-32-23-17-24(21-5-3-9-30-18-21)40-25(23)27(33-26)34-12-14-39-15-13-34/h2-6,9,16-19H,7-8,10-15H2,1H3,(H,31,36). The number of pyridine rings is 1. The molecule has 0 unspecified atom stereocenters. The zero-order chi connectivity index (χ0) is 27.5. The number of thiophene rings is 1. The molecule has 206 valence electrons. The number of anilines is 2. The number of hydrogen-bond donors (Lipinski definition) is 1. The third kappa shape index (κ3) is 5.47. The molecule has 2 aliphatic rings. The van der Waals surface area contributed by atoms with Crippen LogP contribution in [0.3, 0.4) is 0 Å². The summed E-state index contributed by atoms with van der Waals surface area (Å²) in [6, 6.07) is 13.7. The number of amides is 2. The van der Waals surface area contributed by atoms with E-state index in [9.17, 15) is 9.59 Å². The first-order valence-electron chi connectivity index (χ1n) is 13.4. The van der Waals surface area contributed by atoms with E-state index in [2.05, 4.69) is 21.3 Å². The number of nitrogens with one attached hydrogen (secondary N) is 1. The fourth-order valence-electron chi connectivity index (χ4n) is 5.12. The Bertz CT molecular complexity index is 1510. The Hall–Kier alpha value is -4.09. The summed E-state index contributed by atoms with van der Waals surface area (Å²) in [5, 5.41) is 3.06. The third-order valence-corrected chi connectivity index (χ3v) is 8.47. The van der Waals surface area contributed by atoms with E-state index in [0.29, 0.717) is 50.7 Å². The van der Waals surface area contributed by atoms with Crippen LogP contribution in [0.25, 0.3) is 32.0 Å². The largest absolute Gasteiger partial charge is 0.453 e. The first kappa shape index (κ1) is 26.1. The number of nitrogens with zero attached hydrogens (tertiary/aromatic N) is 5. The van der Waals surface area contributed by atoms with E-state index in [-0.39, 0.29) is 17.9 Å². The number of carbonyl (C=O) groups excluding carboxylic acids is 2. The summed E-state index contributed by atoms with van der Waals surface area (Å²) < 4.78 is 11.4. The van der Waals surface area contributed by atoms with Gasteiger partial charge in [0.2, 0.25) is 5.91 Å². The van der Waals surface area contributed by atoms with Gasteiger partial charge >= 0.3 is 6.09 Å². The maximum atomic E-state index is 13.0. The van der Waals surface area contributed by atoms with E-state index in [1.54, 1.807) is 22.4 Å². The second-order valence-electron chi connectivity index (χ2n) is 9.84. The smallest absolute Gasteiger partial charge is 0.409 e. The third-order valence-electron chi connectivity index (χ3n) is 7.30. The fraction of sp³-hybridized carbons (Fsp3) is 0.345. The van der Waals surface area contributed by atoms with E-state index in [1.807, 2.05) is 42.6 Å². The molecule has 4 aromatic rings. The maximum Gasteiger partial charge on any atom is 0.409 e. The van der Waals surface area contributed by atoms with Gasteiger partial charge in [-0.3, -0.25) is 9.78 Å². The minimum Gasteiger partial charge on any atom is -0.453 e. The quantitative estimate of drug-likeness (QED) is 0.376. The van der Waals surface area contributed by atoms with Crippen molar-refractivity contribution in [1.82, 2.24) is 19.9 Å². The second kappa shape index (κ2) is 11.6. The number of piperidine rings is 1. The Kier molecular flexibility index (Phi) is 7.56. The number of carbonyl (C=O) groups is 2. The summed E-state index contributed by atoms with van der Waals surface area (Å²) in [6.07, 6.45) is 4.48. The number of ether oxygens (including phenoxy) is 2. The molecule has 5 heterocycles. The SMILES string of the molecule is COC(=O)N1CCC(C(=O)Nc2cccc(-c3nc(N4CCOCC4)c4sc(-c5cccnc5)cc4n3)c2)CC1. The molecule has 0 atom stereocenters. The van der Waals surface area contributed by atoms with Crippen LogP contribution in [0.4, 0.5) is 16.3 Å². The Morgan fingerprint density at radius 2 is 1.82 bits per heavy atom. The maximum absolute atomic E-state index is 13.0. The molecule has 1 N–H and O–H groups in total. The first-order chi connectivity index (χ1) is 19.6. The van der Waals surface area contributed by atoms with Crippen molar-refractivity contribution in [2.45, 2.75) is 12.8 Å². The summed E-state index contributed by atoms with van der Waals surface area (Å²) in [5.41, 5.74) is 3.43. The molecule has 3 aromatic heterocycles. The number of aromatic nitrogens is 3. The lowest BCUT2D eigenvalue weighted by molar-refractivity contribution is -0.121. The van der Waals surface area contributed by atoms with Crippen molar-refractivity contribution >= 4 is 45.1 Å². The van der Waals surface area contributed by atoms with Crippen LogP contribution in [0.2, 0.25) is 0 Å². The second-order valence-corrected chi connectivity index (χ2v) is 10.9. The lowest BCUT2D eigenvalue weighted by atomic mass is 9.96. The molecular weight excluding hydrogens is 528 g/mol. The zero-order valence-electron chi connectivity index (χ0n) is 22.2. The van der Waals surface area contributed by atoms with Crippen LogP contribution in [0.1, 0.15) is 12.8 Å². The van der Waals surface area contributed by atoms with E-state index < -0.39 is 0 Å². The number of morpholine rings is 1. The van der Waals surface area contributed by atoms with Gasteiger partial charge in [0.15, 0.2) is 11.6 Å². The molecule has 0 aliphatic carbocycles. The number of fused-ring (bicyclic) bond motifs is 1. The minimum atomic E-state index is -0.349. The normalized spacial score (nSPS) is 16.2. The average Bonchev–Trinajstić information content (AvgIpc) is 3.46. The van der Waals surface area contributed by atoms with Crippen LogP contribution in [-0.4, -0.2) is 78.4 Å². The van der Waals surface area contributed by atoms with Crippen molar-refractivity contribution in [3.63, 3.8) is 0 Å². The van der Waals surface area contributed by atoms with Gasteiger partial charge in [-0.1, -0.05) is 18.2 Å². The Morgan fingerprint density at radius 1 is 1.02 bits per heavy atom. The Labute approximate surface area is 236 Å². The lowest BCUT2D eigenvalue weighted by Gasteiger charge is -2.30. The first-order valence-corrected chi connectivity index (χ1v) is 14.2. The molecule has 2 amide bonds. The topological polar surface area (TPSA) is 110 Å². The molecule has 0 bridgehead atoms. The van der Waals surface area contributed by atoms with E-state index in [4.69, 9.17) is 19.4 Å². The van der Waals surface area contributed by atoms with Crippen molar-refractivity contribution in [2.75, 3.05) is 56.7 Å². The van der Waals surface area contributed by atoms with Crippen LogP contribution < -0.4 is 10.2 Å². The van der Waals surface area contributed by atoms with Crippen LogP contribution in [0.15, 0.2) is 54.9 Å². The van der Waals surface area contributed by atoms with Gasteiger partial charge in [-0.2, -0.15) is 0 Å². The molecule has 6 rings (SSSR count). The summed E-state index contributed by atoms with van der Waals surface area (Å²) in [7, 11) is 1.37. The number of benzene rings is 1. The van der Waals surface area contributed by atoms with Gasteiger partial charge in [0, 0.05) is 66.2 Å². The van der Waals surface area contributed by atoms with Crippen molar-refractivity contribution in [3.8, 4) is 21.8 Å². The molecule has 0 radical (unpaired) electrons. The molecular formula is C29H30N6O4S. The highest BCUT2D eigenvalue weighted by atomic mass is 32.1. The van der Waals surface area contributed by atoms with Crippen LogP contribution in [0, 0.1) is 5.92 Å². The Balaban J connectivity index is 1.27. The minimum absolute atomic E-state index is 0.0500. The molecule has 2 aliphatic heterocycles. The average molecular weight is 559 g/mol.